The summed E-state index contributed by atoms with van der Waals surface area (Å²) in [7, 11) is 0. The summed E-state index contributed by atoms with van der Waals surface area (Å²) in [6.07, 6.45) is 0.872. The van der Waals surface area contributed by atoms with Gasteiger partial charge >= 0.3 is 0 Å². The summed E-state index contributed by atoms with van der Waals surface area (Å²) in [5, 5.41) is 5.16. The molecule has 2 heterocycles. The number of anilines is 6. The van der Waals surface area contributed by atoms with Gasteiger partial charge in [-0.3, -0.25) is 0 Å². The second kappa shape index (κ2) is 17.3. The fourth-order valence-corrected chi connectivity index (χ4v) is 12.0. The molecule has 0 fully saturated rings. The van der Waals surface area contributed by atoms with Crippen molar-refractivity contribution < 1.29 is 0 Å². The van der Waals surface area contributed by atoms with E-state index in [2.05, 4.69) is 259 Å². The maximum atomic E-state index is 2.47. The number of rotatable bonds is 11. The van der Waals surface area contributed by atoms with E-state index in [0.717, 1.165) is 34.9 Å². The Labute approximate surface area is 393 Å². The maximum absolute atomic E-state index is 2.47. The molecule has 1 unspecified atom stereocenters. The van der Waals surface area contributed by atoms with E-state index >= 15 is 0 Å². The Morgan fingerprint density at radius 1 is 0.318 bits per heavy atom. The minimum atomic E-state index is 0.137. The van der Waals surface area contributed by atoms with Crippen LogP contribution in [-0.4, -0.2) is 0 Å². The predicted molar refractivity (Wildman–Crippen MR) is 285 cm³/mol. The van der Waals surface area contributed by atoms with Crippen LogP contribution >= 0.6 is 22.7 Å². The van der Waals surface area contributed by atoms with Crippen LogP contribution in [0.1, 0.15) is 22.6 Å². The minimum absolute atomic E-state index is 0.137. The number of nitrogens with zero attached hydrogens (tertiary/aromatic N) is 2. The van der Waals surface area contributed by atoms with Gasteiger partial charge in [0, 0.05) is 74.7 Å². The third kappa shape index (κ3) is 7.50. The first-order valence-corrected chi connectivity index (χ1v) is 24.2. The van der Waals surface area contributed by atoms with Gasteiger partial charge in [0.25, 0.3) is 0 Å². The average Bonchev–Trinajstić information content (AvgIpc) is 3.95. The van der Waals surface area contributed by atoms with Gasteiger partial charge < -0.3 is 9.80 Å². The number of hydrogen-bond donors (Lipinski definition) is 0. The van der Waals surface area contributed by atoms with Crippen molar-refractivity contribution in [1.29, 1.82) is 0 Å². The summed E-state index contributed by atoms with van der Waals surface area (Å²) >= 11 is 3.76. The molecule has 10 aromatic carbocycles. The summed E-state index contributed by atoms with van der Waals surface area (Å²) in [4.78, 5) is 4.78. The molecule has 0 saturated heterocycles. The van der Waals surface area contributed by atoms with Crippen molar-refractivity contribution in [3.05, 3.63) is 265 Å². The fraction of sp³-hybridized carbons (Fsp3) is 0.0323. The lowest BCUT2D eigenvalue weighted by atomic mass is 9.85. The Hall–Kier alpha value is -7.76. The van der Waals surface area contributed by atoms with Crippen LogP contribution in [0.2, 0.25) is 0 Å². The zero-order valence-electron chi connectivity index (χ0n) is 36.2. The number of para-hydroxylation sites is 4. The smallest absolute Gasteiger partial charge is 0.0557 e. The van der Waals surface area contributed by atoms with Crippen molar-refractivity contribution in [2.45, 2.75) is 12.3 Å². The van der Waals surface area contributed by atoms with Gasteiger partial charge in [0.15, 0.2) is 0 Å². The lowest BCUT2D eigenvalue weighted by Crippen LogP contribution is -2.12. The Morgan fingerprint density at radius 3 is 1.48 bits per heavy atom. The molecular weight excluding hydrogens is 837 g/mol. The van der Waals surface area contributed by atoms with E-state index in [9.17, 15) is 0 Å². The zero-order chi connectivity index (χ0) is 43.8. The quantitative estimate of drug-likeness (QED) is 0.128. The highest BCUT2D eigenvalue weighted by atomic mass is 32.1. The highest BCUT2D eigenvalue weighted by Crippen LogP contribution is 2.48. The summed E-state index contributed by atoms with van der Waals surface area (Å²) < 4.78 is 5.19. The Morgan fingerprint density at radius 2 is 0.848 bits per heavy atom. The molecular formula is C62H44N2S2. The highest BCUT2D eigenvalue weighted by molar-refractivity contribution is 7.26. The van der Waals surface area contributed by atoms with Gasteiger partial charge in [0.1, 0.15) is 0 Å². The summed E-state index contributed by atoms with van der Waals surface area (Å²) in [5.74, 6) is 0.137. The second-order valence-corrected chi connectivity index (χ2v) is 19.0. The summed E-state index contributed by atoms with van der Waals surface area (Å²) in [5.41, 5.74) is 13.3. The molecule has 4 heteroatoms. The van der Waals surface area contributed by atoms with Crippen molar-refractivity contribution in [2.24, 2.45) is 0 Å². The monoisotopic (exact) mass is 880 g/mol. The van der Waals surface area contributed by atoms with Gasteiger partial charge in [-0.05, 0) is 125 Å². The topological polar surface area (TPSA) is 6.48 Å². The van der Waals surface area contributed by atoms with Crippen LogP contribution in [-0.2, 0) is 6.42 Å². The predicted octanol–water partition coefficient (Wildman–Crippen LogP) is 18.4. The van der Waals surface area contributed by atoms with Gasteiger partial charge in [0.05, 0.1) is 5.69 Å². The van der Waals surface area contributed by atoms with Gasteiger partial charge in [-0.1, -0.05) is 158 Å². The lowest BCUT2D eigenvalue weighted by Gasteiger charge is -2.28. The van der Waals surface area contributed by atoms with Crippen LogP contribution < -0.4 is 9.80 Å². The summed E-state index contributed by atoms with van der Waals surface area (Å²) in [6.45, 7) is 0. The molecule has 314 valence electrons. The molecule has 2 nitrogen and oxygen atoms in total. The van der Waals surface area contributed by atoms with Crippen LogP contribution in [0, 0.1) is 0 Å². The van der Waals surface area contributed by atoms with Crippen molar-refractivity contribution >= 4 is 97.1 Å². The highest BCUT2D eigenvalue weighted by Gasteiger charge is 2.24. The molecule has 0 aliphatic heterocycles. The molecule has 2 aromatic heterocycles. The van der Waals surface area contributed by atoms with E-state index in [1.807, 2.05) is 22.7 Å². The third-order valence-electron chi connectivity index (χ3n) is 12.8. The van der Waals surface area contributed by atoms with Crippen LogP contribution in [0.25, 0.3) is 51.5 Å². The maximum Gasteiger partial charge on any atom is 0.0557 e. The largest absolute Gasteiger partial charge is 0.310 e. The van der Waals surface area contributed by atoms with Crippen molar-refractivity contribution in [3.63, 3.8) is 0 Å². The Kier molecular flexibility index (Phi) is 10.4. The minimum Gasteiger partial charge on any atom is -0.310 e. The van der Waals surface area contributed by atoms with Gasteiger partial charge in [-0.2, -0.15) is 0 Å². The number of benzene rings is 10. The number of thiophene rings is 2. The van der Waals surface area contributed by atoms with Crippen molar-refractivity contribution in [3.8, 4) is 11.1 Å². The zero-order valence-corrected chi connectivity index (χ0v) is 37.8. The molecule has 12 aromatic rings. The first-order valence-electron chi connectivity index (χ1n) is 22.6. The lowest BCUT2D eigenvalue weighted by molar-refractivity contribution is 0.807. The normalized spacial score (nSPS) is 11.9. The van der Waals surface area contributed by atoms with Crippen LogP contribution in [0.3, 0.4) is 0 Å². The van der Waals surface area contributed by atoms with Crippen LogP contribution in [0.4, 0.5) is 34.1 Å². The van der Waals surface area contributed by atoms with Gasteiger partial charge in [0.2, 0.25) is 0 Å². The molecule has 0 spiro atoms. The first kappa shape index (κ1) is 39.8. The second-order valence-electron chi connectivity index (χ2n) is 16.9. The molecule has 66 heavy (non-hydrogen) atoms. The third-order valence-corrected chi connectivity index (χ3v) is 15.1. The SMILES string of the molecule is c1ccc(C(Cc2ccc(-c3ccc4c(c3)sc3ccc(N(c5ccccc5)c5ccccc5)cc34)cc2)c2cc(N(c3ccccc3)c3ccccc3)c3c(c2)sc2ccccc23)cc1. The molecule has 1 atom stereocenters. The molecule has 0 radical (unpaired) electrons. The van der Waals surface area contributed by atoms with Gasteiger partial charge in [-0.15, -0.1) is 22.7 Å². The van der Waals surface area contributed by atoms with E-state index < -0.39 is 0 Å². The summed E-state index contributed by atoms with van der Waals surface area (Å²) in [6, 6.07) is 91.0. The van der Waals surface area contributed by atoms with Crippen LogP contribution in [0.5, 0.6) is 0 Å². The first-order chi connectivity index (χ1) is 32.7. The molecule has 0 amide bonds. The molecule has 0 aliphatic rings. The van der Waals surface area contributed by atoms with Crippen molar-refractivity contribution in [1.82, 2.24) is 0 Å². The van der Waals surface area contributed by atoms with E-state index in [1.54, 1.807) is 0 Å². The molecule has 0 N–H and O–H groups in total. The Bertz CT molecular complexity index is 3520. The molecule has 0 aliphatic carbocycles. The number of fused-ring (bicyclic) bond motifs is 6. The molecule has 12 rings (SSSR count). The molecule has 0 bridgehead atoms. The van der Waals surface area contributed by atoms with E-state index in [4.69, 9.17) is 0 Å². The van der Waals surface area contributed by atoms with E-state index in [-0.39, 0.29) is 5.92 Å². The fourth-order valence-electron chi connectivity index (χ4n) is 9.68. The van der Waals surface area contributed by atoms with Crippen molar-refractivity contribution in [2.75, 3.05) is 9.80 Å². The molecule has 0 saturated carbocycles. The van der Waals surface area contributed by atoms with E-state index in [0.29, 0.717) is 0 Å². The number of hydrogen-bond acceptors (Lipinski definition) is 4. The van der Waals surface area contributed by atoms with Gasteiger partial charge in [-0.25, -0.2) is 0 Å². The average molecular weight is 881 g/mol. The van der Waals surface area contributed by atoms with Crippen LogP contribution in [0.15, 0.2) is 249 Å². The standard InChI is InChI=1S/C62H44N2S2/c1-6-18-45(19-7-1)55(47-39-57(62-54-28-16-17-29-58(54)66-61(62)41-47)64(50-24-12-4-13-25-50)51-26-14-5-15-27-51)38-43-30-32-44(33-31-43)46-34-36-53-56-42-52(35-37-59(56)65-60(53)40-46)63(48-20-8-2-9-21-48)49-22-10-3-11-23-49/h1-37,39-42,55H,38H2. The Balaban J connectivity index is 0.905. The van der Waals surface area contributed by atoms with E-state index in [1.165, 1.54) is 73.8 Å².